The summed E-state index contributed by atoms with van der Waals surface area (Å²) in [6.07, 6.45) is 8.40. The number of carbonyl (C=O) groups excluding carboxylic acids is 1. The number of hydrogen-bond acceptors (Lipinski definition) is 2. The van der Waals surface area contributed by atoms with E-state index in [9.17, 15) is 4.79 Å². The van der Waals surface area contributed by atoms with Crippen molar-refractivity contribution in [3.63, 3.8) is 0 Å². The Morgan fingerprint density at radius 1 is 1.12 bits per heavy atom. The molecule has 0 radical (unpaired) electrons. The van der Waals surface area contributed by atoms with Crippen LogP contribution in [0.1, 0.15) is 60.0 Å². The summed E-state index contributed by atoms with van der Waals surface area (Å²) in [6, 6.07) is 14.1. The van der Waals surface area contributed by atoms with Gasteiger partial charge in [-0.05, 0) is 60.2 Å². The Bertz CT molecular complexity index is 748. The summed E-state index contributed by atoms with van der Waals surface area (Å²) in [5.74, 6) is 0.543. The molecule has 3 nitrogen and oxygen atoms in total. The molecule has 2 aromatic carbocycles. The molecule has 3 heteroatoms. The number of nitrogens with two attached hydrogens (primary N) is 1. The fourth-order valence-corrected chi connectivity index (χ4v) is 4.01. The van der Waals surface area contributed by atoms with Gasteiger partial charge in [-0.25, -0.2) is 0 Å². The maximum atomic E-state index is 11.4. The fourth-order valence-electron chi connectivity index (χ4n) is 4.01. The fraction of sp³-hybridized carbons (Fsp3) is 0.435. The van der Waals surface area contributed by atoms with Gasteiger partial charge in [-0.1, -0.05) is 62.4 Å². The van der Waals surface area contributed by atoms with Crippen LogP contribution in [0.2, 0.25) is 0 Å². The van der Waals surface area contributed by atoms with Crippen LogP contribution in [0.4, 0.5) is 0 Å². The van der Waals surface area contributed by atoms with Gasteiger partial charge in [-0.15, -0.1) is 0 Å². The van der Waals surface area contributed by atoms with E-state index in [-0.39, 0.29) is 5.91 Å². The van der Waals surface area contributed by atoms with Crippen molar-refractivity contribution in [2.24, 2.45) is 11.7 Å². The average molecular weight is 351 g/mol. The lowest BCUT2D eigenvalue weighted by molar-refractivity contribution is 0.100. The molecule has 0 spiro atoms. The molecular weight excluding hydrogens is 320 g/mol. The molecule has 1 fully saturated rings. The molecular formula is C23H30N2O. The van der Waals surface area contributed by atoms with Gasteiger partial charge in [0.15, 0.2) is 0 Å². The van der Waals surface area contributed by atoms with Crippen molar-refractivity contribution in [3.8, 4) is 11.1 Å². The zero-order valence-corrected chi connectivity index (χ0v) is 15.8. The largest absolute Gasteiger partial charge is 0.366 e. The van der Waals surface area contributed by atoms with Crippen molar-refractivity contribution < 1.29 is 4.79 Å². The van der Waals surface area contributed by atoms with Crippen LogP contribution >= 0.6 is 0 Å². The second kappa shape index (κ2) is 9.00. The zero-order chi connectivity index (χ0) is 18.4. The highest BCUT2D eigenvalue weighted by molar-refractivity contribution is 5.94. The van der Waals surface area contributed by atoms with Gasteiger partial charge >= 0.3 is 0 Å². The summed E-state index contributed by atoms with van der Waals surface area (Å²) in [7, 11) is 0. The molecule has 26 heavy (non-hydrogen) atoms. The van der Waals surface area contributed by atoms with E-state index in [0.29, 0.717) is 5.56 Å². The average Bonchev–Trinajstić information content (AvgIpc) is 2.66. The van der Waals surface area contributed by atoms with Gasteiger partial charge in [0, 0.05) is 12.1 Å². The zero-order valence-electron chi connectivity index (χ0n) is 15.8. The molecule has 0 heterocycles. The number of primary amides is 1. The molecule has 3 N–H and O–H groups in total. The molecule has 0 saturated heterocycles. The summed E-state index contributed by atoms with van der Waals surface area (Å²) in [6.45, 7) is 4.14. The molecule has 2 aromatic rings. The third-order valence-electron chi connectivity index (χ3n) is 5.53. The topological polar surface area (TPSA) is 55.1 Å². The molecule has 0 bridgehead atoms. The highest BCUT2D eigenvalue weighted by Crippen LogP contribution is 2.26. The lowest BCUT2D eigenvalue weighted by Crippen LogP contribution is -2.19. The molecule has 1 saturated carbocycles. The number of nitrogens with one attached hydrogen (secondary N) is 1. The van der Waals surface area contributed by atoms with Crippen molar-refractivity contribution in [3.05, 3.63) is 59.2 Å². The van der Waals surface area contributed by atoms with Gasteiger partial charge in [0.2, 0.25) is 5.91 Å². The number of hydrogen-bond donors (Lipinski definition) is 2. The molecule has 3 rings (SSSR count). The van der Waals surface area contributed by atoms with Crippen LogP contribution in [-0.4, -0.2) is 12.5 Å². The summed E-state index contributed by atoms with van der Waals surface area (Å²) < 4.78 is 0. The summed E-state index contributed by atoms with van der Waals surface area (Å²) in [5.41, 5.74) is 10.7. The highest BCUT2D eigenvalue weighted by Gasteiger charge is 2.12. The maximum absolute atomic E-state index is 11.4. The Hall–Kier alpha value is -2.13. The Kier molecular flexibility index (Phi) is 6.45. The van der Waals surface area contributed by atoms with E-state index in [0.717, 1.165) is 30.1 Å². The smallest absolute Gasteiger partial charge is 0.248 e. The number of aryl methyl sites for hydroxylation is 1. The van der Waals surface area contributed by atoms with Crippen molar-refractivity contribution in [1.29, 1.82) is 0 Å². The Balaban J connectivity index is 1.57. The second-order valence-corrected chi connectivity index (χ2v) is 7.56. The first-order valence-electron chi connectivity index (χ1n) is 9.84. The molecule has 138 valence electrons. The highest BCUT2D eigenvalue weighted by atomic mass is 16.1. The van der Waals surface area contributed by atoms with Crippen LogP contribution in [0.5, 0.6) is 0 Å². The second-order valence-electron chi connectivity index (χ2n) is 7.56. The summed E-state index contributed by atoms with van der Waals surface area (Å²) in [5, 5.41) is 3.60. The van der Waals surface area contributed by atoms with Crippen LogP contribution < -0.4 is 11.1 Å². The van der Waals surface area contributed by atoms with E-state index in [1.165, 1.54) is 49.7 Å². The lowest BCUT2D eigenvalue weighted by Gasteiger charge is -2.21. The molecule has 1 aliphatic rings. The minimum Gasteiger partial charge on any atom is -0.366 e. The SMILES string of the molecule is Cc1cc(CNCCC2CCCCC2)ccc1-c1cccc(C(N)=O)c1. The van der Waals surface area contributed by atoms with Crippen molar-refractivity contribution in [2.45, 2.75) is 52.0 Å². The first kappa shape index (κ1) is 18.7. The number of rotatable bonds is 7. The minimum atomic E-state index is -0.386. The van der Waals surface area contributed by atoms with Crippen molar-refractivity contribution in [1.82, 2.24) is 5.32 Å². The standard InChI is InChI=1S/C23H30N2O/c1-17-14-19(16-25-13-12-18-6-3-2-4-7-18)10-11-22(17)20-8-5-9-21(15-20)23(24)26/h5,8-11,14-15,18,25H,2-4,6-7,12-13,16H2,1H3,(H2,24,26). The van der Waals surface area contributed by atoms with Gasteiger partial charge in [-0.3, -0.25) is 4.79 Å². The van der Waals surface area contributed by atoms with E-state index in [2.05, 4.69) is 30.4 Å². The third kappa shape index (κ3) is 4.95. The van der Waals surface area contributed by atoms with Crippen molar-refractivity contribution in [2.75, 3.05) is 6.54 Å². The van der Waals surface area contributed by atoms with Gasteiger partial charge in [0.05, 0.1) is 0 Å². The van der Waals surface area contributed by atoms with Gasteiger partial charge < -0.3 is 11.1 Å². The van der Waals surface area contributed by atoms with Gasteiger partial charge in [0.25, 0.3) is 0 Å². The first-order valence-corrected chi connectivity index (χ1v) is 9.84. The van der Waals surface area contributed by atoms with Crippen LogP contribution in [0.25, 0.3) is 11.1 Å². The number of carbonyl (C=O) groups is 1. The Morgan fingerprint density at radius 2 is 1.92 bits per heavy atom. The number of amides is 1. The predicted molar refractivity (Wildman–Crippen MR) is 108 cm³/mol. The first-order chi connectivity index (χ1) is 12.6. The molecule has 0 unspecified atom stereocenters. The number of benzene rings is 2. The summed E-state index contributed by atoms with van der Waals surface area (Å²) >= 11 is 0. The summed E-state index contributed by atoms with van der Waals surface area (Å²) in [4.78, 5) is 11.4. The third-order valence-corrected chi connectivity index (χ3v) is 5.53. The van der Waals surface area contributed by atoms with Gasteiger partial charge in [-0.2, -0.15) is 0 Å². The lowest BCUT2D eigenvalue weighted by atomic mass is 9.87. The van der Waals surface area contributed by atoms with E-state index in [1.807, 2.05) is 18.2 Å². The molecule has 0 aromatic heterocycles. The van der Waals surface area contributed by atoms with Crippen LogP contribution in [0.15, 0.2) is 42.5 Å². The van der Waals surface area contributed by atoms with Crippen LogP contribution in [-0.2, 0) is 6.54 Å². The monoisotopic (exact) mass is 350 g/mol. The van der Waals surface area contributed by atoms with Crippen molar-refractivity contribution >= 4 is 5.91 Å². The van der Waals surface area contributed by atoms with E-state index < -0.39 is 0 Å². The van der Waals surface area contributed by atoms with Crippen LogP contribution in [0.3, 0.4) is 0 Å². The van der Waals surface area contributed by atoms with E-state index in [4.69, 9.17) is 5.73 Å². The molecule has 0 aliphatic heterocycles. The molecule has 1 aliphatic carbocycles. The van der Waals surface area contributed by atoms with E-state index in [1.54, 1.807) is 6.07 Å². The maximum Gasteiger partial charge on any atom is 0.248 e. The van der Waals surface area contributed by atoms with Gasteiger partial charge in [0.1, 0.15) is 0 Å². The normalized spacial score (nSPS) is 15.1. The quantitative estimate of drug-likeness (QED) is 0.703. The van der Waals surface area contributed by atoms with Crippen LogP contribution in [0, 0.1) is 12.8 Å². The Labute approximate surface area is 157 Å². The van der Waals surface area contributed by atoms with E-state index >= 15 is 0 Å². The molecule has 1 amide bonds. The minimum absolute atomic E-state index is 0.386. The Morgan fingerprint density at radius 3 is 2.65 bits per heavy atom. The predicted octanol–water partition coefficient (Wildman–Crippen LogP) is 4.82. The molecule has 0 atom stereocenters.